The molecule has 0 spiro atoms. The van der Waals surface area contributed by atoms with Crippen LogP contribution in [0.1, 0.15) is 25.3 Å². The molecule has 0 radical (unpaired) electrons. The highest BCUT2D eigenvalue weighted by molar-refractivity contribution is 5.79. The Kier molecular flexibility index (Phi) is 7.72. The number of methoxy groups -OCH3 is 2. The molecule has 0 aliphatic carbocycles. The van der Waals surface area contributed by atoms with Crippen LogP contribution in [-0.4, -0.2) is 63.3 Å². The maximum absolute atomic E-state index is 12.2. The third-order valence-electron chi connectivity index (χ3n) is 4.41. The molecule has 1 aromatic carbocycles. The number of amides is 2. The fourth-order valence-electron chi connectivity index (χ4n) is 2.98. The zero-order valence-corrected chi connectivity index (χ0v) is 15.7. The Labute approximate surface area is 154 Å². The van der Waals surface area contributed by atoms with Gasteiger partial charge in [0.05, 0.1) is 26.7 Å². The van der Waals surface area contributed by atoms with Gasteiger partial charge in [-0.3, -0.25) is 9.59 Å². The lowest BCUT2D eigenvalue weighted by atomic mass is 10.1. The summed E-state index contributed by atoms with van der Waals surface area (Å²) in [5.74, 6) is 1.12. The summed E-state index contributed by atoms with van der Waals surface area (Å²) in [5.41, 5.74) is 0.836. The van der Waals surface area contributed by atoms with E-state index >= 15 is 0 Å². The molecule has 1 heterocycles. The number of nitrogens with zero attached hydrogens (tertiary/aromatic N) is 1. The monoisotopic (exact) mass is 364 g/mol. The number of carbonyl (C=O) groups is 2. The van der Waals surface area contributed by atoms with Gasteiger partial charge in [0, 0.05) is 33.2 Å². The van der Waals surface area contributed by atoms with Crippen LogP contribution < -0.4 is 14.8 Å². The van der Waals surface area contributed by atoms with E-state index in [9.17, 15) is 9.59 Å². The number of ether oxygens (including phenoxy) is 3. The van der Waals surface area contributed by atoms with E-state index in [2.05, 4.69) is 5.32 Å². The molecular formula is C19H28N2O5. The van der Waals surface area contributed by atoms with E-state index in [4.69, 9.17) is 14.2 Å². The molecule has 1 saturated heterocycles. The van der Waals surface area contributed by atoms with E-state index in [1.807, 2.05) is 6.07 Å². The van der Waals surface area contributed by atoms with Gasteiger partial charge in [-0.2, -0.15) is 0 Å². The van der Waals surface area contributed by atoms with Crippen molar-refractivity contribution in [3.63, 3.8) is 0 Å². The van der Waals surface area contributed by atoms with Crippen LogP contribution in [0.5, 0.6) is 11.5 Å². The lowest BCUT2D eigenvalue weighted by molar-refractivity contribution is -0.131. The summed E-state index contributed by atoms with van der Waals surface area (Å²) >= 11 is 0. The molecule has 0 saturated carbocycles. The van der Waals surface area contributed by atoms with Crippen LogP contribution in [0.2, 0.25) is 0 Å². The van der Waals surface area contributed by atoms with Crippen molar-refractivity contribution in [2.75, 3.05) is 40.5 Å². The first-order valence-electron chi connectivity index (χ1n) is 8.88. The average Bonchev–Trinajstić information content (AvgIpc) is 3.13. The van der Waals surface area contributed by atoms with Crippen LogP contribution in [0.15, 0.2) is 18.2 Å². The molecule has 1 unspecified atom stereocenters. The van der Waals surface area contributed by atoms with Crippen molar-refractivity contribution in [2.45, 2.75) is 32.3 Å². The van der Waals surface area contributed by atoms with Gasteiger partial charge in [-0.15, -0.1) is 0 Å². The van der Waals surface area contributed by atoms with Crippen molar-refractivity contribution in [1.29, 1.82) is 0 Å². The topological polar surface area (TPSA) is 77.1 Å². The first kappa shape index (κ1) is 20.0. The number of benzene rings is 1. The van der Waals surface area contributed by atoms with Gasteiger partial charge in [-0.1, -0.05) is 6.07 Å². The zero-order chi connectivity index (χ0) is 18.9. The second kappa shape index (κ2) is 10.0. The molecule has 144 valence electrons. The van der Waals surface area contributed by atoms with Crippen LogP contribution in [0.4, 0.5) is 0 Å². The molecule has 2 rings (SSSR count). The standard InChI is InChI=1S/C19H28N2O5/c1-14(22)21(13-16-5-4-10-26-16)9-8-20-19(23)12-15-6-7-17(24-2)18(11-15)25-3/h6-7,11,16H,4-5,8-10,12-13H2,1-3H3,(H,20,23). The Balaban J connectivity index is 1.79. The summed E-state index contributed by atoms with van der Waals surface area (Å²) in [6.45, 7) is 3.78. The summed E-state index contributed by atoms with van der Waals surface area (Å²) < 4.78 is 16.0. The lowest BCUT2D eigenvalue weighted by Crippen LogP contribution is -2.41. The molecule has 26 heavy (non-hydrogen) atoms. The highest BCUT2D eigenvalue weighted by Crippen LogP contribution is 2.27. The molecule has 0 bridgehead atoms. The normalized spacial score (nSPS) is 16.2. The smallest absolute Gasteiger partial charge is 0.224 e. The molecule has 1 aliphatic rings. The minimum atomic E-state index is -0.0992. The molecule has 1 atom stereocenters. The van der Waals surface area contributed by atoms with Gasteiger partial charge in [0.1, 0.15) is 0 Å². The molecule has 1 fully saturated rings. The highest BCUT2D eigenvalue weighted by Gasteiger charge is 2.20. The fourth-order valence-corrected chi connectivity index (χ4v) is 2.98. The molecule has 1 aliphatic heterocycles. The maximum Gasteiger partial charge on any atom is 0.224 e. The van der Waals surface area contributed by atoms with Crippen LogP contribution in [0, 0.1) is 0 Å². The zero-order valence-electron chi connectivity index (χ0n) is 15.7. The summed E-state index contributed by atoms with van der Waals surface area (Å²) in [6.07, 6.45) is 2.38. The quantitative estimate of drug-likeness (QED) is 0.717. The van der Waals surface area contributed by atoms with Gasteiger partial charge in [0.15, 0.2) is 11.5 Å². The van der Waals surface area contributed by atoms with Gasteiger partial charge >= 0.3 is 0 Å². The SMILES string of the molecule is COc1ccc(CC(=O)NCCN(CC2CCCO2)C(C)=O)cc1OC. The minimum Gasteiger partial charge on any atom is -0.493 e. The predicted molar refractivity (Wildman–Crippen MR) is 97.5 cm³/mol. The molecule has 7 nitrogen and oxygen atoms in total. The molecule has 0 aromatic heterocycles. The second-order valence-electron chi connectivity index (χ2n) is 6.32. The predicted octanol–water partition coefficient (Wildman–Crippen LogP) is 1.39. The summed E-state index contributed by atoms with van der Waals surface area (Å²) in [6, 6.07) is 5.40. The van der Waals surface area contributed by atoms with Crippen molar-refractivity contribution in [2.24, 2.45) is 0 Å². The Morgan fingerprint density at radius 1 is 1.27 bits per heavy atom. The largest absolute Gasteiger partial charge is 0.493 e. The van der Waals surface area contributed by atoms with Crippen molar-refractivity contribution in [1.82, 2.24) is 10.2 Å². The summed E-state index contributed by atoms with van der Waals surface area (Å²) in [5, 5.41) is 2.86. The van der Waals surface area contributed by atoms with E-state index in [1.54, 1.807) is 38.2 Å². The first-order valence-corrected chi connectivity index (χ1v) is 8.88. The molecule has 2 amide bonds. The summed E-state index contributed by atoms with van der Waals surface area (Å²) in [7, 11) is 3.13. The second-order valence-corrected chi connectivity index (χ2v) is 6.32. The number of nitrogens with one attached hydrogen (secondary N) is 1. The minimum absolute atomic E-state index is 0.00496. The lowest BCUT2D eigenvalue weighted by Gasteiger charge is -2.24. The van der Waals surface area contributed by atoms with Crippen molar-refractivity contribution in [3.05, 3.63) is 23.8 Å². The number of hydrogen-bond donors (Lipinski definition) is 1. The van der Waals surface area contributed by atoms with E-state index in [-0.39, 0.29) is 24.3 Å². The Bertz CT molecular complexity index is 614. The Hall–Kier alpha value is -2.28. The number of hydrogen-bond acceptors (Lipinski definition) is 5. The van der Waals surface area contributed by atoms with Gasteiger partial charge in [-0.05, 0) is 30.5 Å². The fraction of sp³-hybridized carbons (Fsp3) is 0.579. The highest BCUT2D eigenvalue weighted by atomic mass is 16.5. The number of carbonyl (C=O) groups excluding carboxylic acids is 2. The molecular weight excluding hydrogens is 336 g/mol. The van der Waals surface area contributed by atoms with Crippen LogP contribution in [0.25, 0.3) is 0 Å². The van der Waals surface area contributed by atoms with E-state index in [0.717, 1.165) is 25.0 Å². The molecule has 7 heteroatoms. The van der Waals surface area contributed by atoms with Gasteiger partial charge in [0.25, 0.3) is 0 Å². The van der Waals surface area contributed by atoms with E-state index in [0.29, 0.717) is 31.1 Å². The van der Waals surface area contributed by atoms with Crippen molar-refractivity contribution < 1.29 is 23.8 Å². The number of rotatable bonds is 9. The molecule has 1 aromatic rings. The van der Waals surface area contributed by atoms with Crippen LogP contribution in [0.3, 0.4) is 0 Å². The van der Waals surface area contributed by atoms with Crippen molar-refractivity contribution >= 4 is 11.8 Å². The van der Waals surface area contributed by atoms with Gasteiger partial charge in [0.2, 0.25) is 11.8 Å². The van der Waals surface area contributed by atoms with E-state index < -0.39 is 0 Å². The van der Waals surface area contributed by atoms with Gasteiger partial charge in [-0.25, -0.2) is 0 Å². The van der Waals surface area contributed by atoms with E-state index in [1.165, 1.54) is 0 Å². The first-order chi connectivity index (χ1) is 12.5. The average molecular weight is 364 g/mol. The Morgan fingerprint density at radius 3 is 2.65 bits per heavy atom. The van der Waals surface area contributed by atoms with Crippen LogP contribution >= 0.6 is 0 Å². The van der Waals surface area contributed by atoms with Crippen LogP contribution in [-0.2, 0) is 20.7 Å². The maximum atomic E-state index is 12.2. The summed E-state index contributed by atoms with van der Waals surface area (Å²) in [4.78, 5) is 25.6. The van der Waals surface area contributed by atoms with Crippen molar-refractivity contribution in [3.8, 4) is 11.5 Å². The Morgan fingerprint density at radius 2 is 2.04 bits per heavy atom. The van der Waals surface area contributed by atoms with Gasteiger partial charge < -0.3 is 24.4 Å². The third kappa shape index (κ3) is 5.91. The molecule has 1 N–H and O–H groups in total. The third-order valence-corrected chi connectivity index (χ3v) is 4.41.